The van der Waals surface area contributed by atoms with Gasteiger partial charge in [-0.15, -0.1) is 0 Å². The molecule has 134 valence electrons. The molecular formula is C19H31N3O2. The first kappa shape index (κ1) is 18.4. The van der Waals surface area contributed by atoms with Crippen LogP contribution in [0.1, 0.15) is 38.7 Å². The van der Waals surface area contributed by atoms with E-state index in [0.717, 1.165) is 42.9 Å². The summed E-state index contributed by atoms with van der Waals surface area (Å²) in [5, 5.41) is 6.89. The Kier molecular flexibility index (Phi) is 7.22. The highest BCUT2D eigenvalue weighted by atomic mass is 16.5. The average molecular weight is 333 g/mol. The van der Waals surface area contributed by atoms with Crippen molar-refractivity contribution in [1.82, 2.24) is 10.6 Å². The predicted molar refractivity (Wildman–Crippen MR) is 99.2 cm³/mol. The van der Waals surface area contributed by atoms with Crippen molar-refractivity contribution in [2.45, 2.75) is 45.6 Å². The van der Waals surface area contributed by atoms with Crippen LogP contribution in [0.4, 0.5) is 0 Å². The summed E-state index contributed by atoms with van der Waals surface area (Å²) < 4.78 is 10.6. The van der Waals surface area contributed by atoms with Gasteiger partial charge in [0, 0.05) is 19.1 Å². The van der Waals surface area contributed by atoms with E-state index in [9.17, 15) is 0 Å². The highest BCUT2D eigenvalue weighted by Crippen LogP contribution is 2.34. The topological polar surface area (TPSA) is 54.9 Å². The molecule has 0 bridgehead atoms. The summed E-state index contributed by atoms with van der Waals surface area (Å²) in [5.74, 6) is 3.28. The molecule has 2 rings (SSSR count). The molecule has 1 aliphatic carbocycles. The first-order valence-corrected chi connectivity index (χ1v) is 8.97. The van der Waals surface area contributed by atoms with Crippen LogP contribution in [0, 0.1) is 5.92 Å². The van der Waals surface area contributed by atoms with Gasteiger partial charge in [-0.25, -0.2) is 0 Å². The number of benzene rings is 1. The third-order valence-corrected chi connectivity index (χ3v) is 4.37. The smallest absolute Gasteiger partial charge is 0.191 e. The van der Waals surface area contributed by atoms with Crippen molar-refractivity contribution in [2.75, 3.05) is 27.3 Å². The summed E-state index contributed by atoms with van der Waals surface area (Å²) in [7, 11) is 3.31. The molecule has 1 fully saturated rings. The minimum atomic E-state index is 0.601. The Morgan fingerprint density at radius 2 is 2.00 bits per heavy atom. The standard InChI is InChI=1S/C19H31N3O2/c1-5-7-15-13-16(15)22-19(20-6-2)21-11-10-14-8-9-17(23-3)18(12-14)24-4/h8-9,12,15-16H,5-7,10-11,13H2,1-4H3,(H2,20,21,22). The third-order valence-electron chi connectivity index (χ3n) is 4.37. The van der Waals surface area contributed by atoms with Crippen LogP contribution in [-0.4, -0.2) is 39.3 Å². The van der Waals surface area contributed by atoms with Gasteiger partial charge in [-0.3, -0.25) is 4.99 Å². The minimum absolute atomic E-state index is 0.601. The van der Waals surface area contributed by atoms with Crippen molar-refractivity contribution in [1.29, 1.82) is 0 Å². The molecule has 2 unspecified atom stereocenters. The lowest BCUT2D eigenvalue weighted by Crippen LogP contribution is -2.39. The zero-order valence-electron chi connectivity index (χ0n) is 15.4. The second-order valence-electron chi connectivity index (χ2n) is 6.24. The van der Waals surface area contributed by atoms with Crippen molar-refractivity contribution in [3.05, 3.63) is 23.8 Å². The molecule has 24 heavy (non-hydrogen) atoms. The van der Waals surface area contributed by atoms with E-state index in [4.69, 9.17) is 14.5 Å². The third kappa shape index (κ3) is 5.32. The number of methoxy groups -OCH3 is 2. The molecule has 0 radical (unpaired) electrons. The molecule has 0 aromatic heterocycles. The number of rotatable bonds is 9. The molecule has 2 N–H and O–H groups in total. The number of hydrogen-bond donors (Lipinski definition) is 2. The number of nitrogens with zero attached hydrogens (tertiary/aromatic N) is 1. The lowest BCUT2D eigenvalue weighted by molar-refractivity contribution is 0.354. The summed E-state index contributed by atoms with van der Waals surface area (Å²) in [6, 6.07) is 6.63. The van der Waals surface area contributed by atoms with Gasteiger partial charge >= 0.3 is 0 Å². The van der Waals surface area contributed by atoms with E-state index in [-0.39, 0.29) is 0 Å². The van der Waals surface area contributed by atoms with Crippen LogP contribution < -0.4 is 20.1 Å². The summed E-state index contributed by atoms with van der Waals surface area (Å²) >= 11 is 0. The van der Waals surface area contributed by atoms with E-state index < -0.39 is 0 Å². The molecular weight excluding hydrogens is 302 g/mol. The largest absolute Gasteiger partial charge is 0.493 e. The predicted octanol–water partition coefficient (Wildman–Crippen LogP) is 2.99. The fourth-order valence-electron chi connectivity index (χ4n) is 2.94. The van der Waals surface area contributed by atoms with E-state index in [1.54, 1.807) is 14.2 Å². The van der Waals surface area contributed by atoms with Crippen LogP contribution in [-0.2, 0) is 6.42 Å². The van der Waals surface area contributed by atoms with Crippen LogP contribution in [0.25, 0.3) is 0 Å². The highest BCUT2D eigenvalue weighted by Gasteiger charge is 2.36. The Labute approximate surface area is 145 Å². The summed E-state index contributed by atoms with van der Waals surface area (Å²) in [6.07, 6.45) is 4.71. The molecule has 0 saturated heterocycles. The van der Waals surface area contributed by atoms with Crippen molar-refractivity contribution in [3.63, 3.8) is 0 Å². The molecule has 2 atom stereocenters. The van der Waals surface area contributed by atoms with Gasteiger partial charge in [0.15, 0.2) is 17.5 Å². The van der Waals surface area contributed by atoms with Crippen LogP contribution in [0.15, 0.2) is 23.2 Å². The second-order valence-corrected chi connectivity index (χ2v) is 6.24. The number of hydrogen-bond acceptors (Lipinski definition) is 3. The second kappa shape index (κ2) is 9.40. The molecule has 0 spiro atoms. The van der Waals surface area contributed by atoms with Crippen molar-refractivity contribution in [3.8, 4) is 11.5 Å². The molecule has 0 aliphatic heterocycles. The monoisotopic (exact) mass is 333 g/mol. The maximum Gasteiger partial charge on any atom is 0.191 e. The number of aliphatic imine (C=N–C) groups is 1. The van der Waals surface area contributed by atoms with E-state index >= 15 is 0 Å². The van der Waals surface area contributed by atoms with Gasteiger partial charge in [-0.1, -0.05) is 19.4 Å². The Bertz CT molecular complexity index is 545. The van der Waals surface area contributed by atoms with Crippen LogP contribution in [0.5, 0.6) is 11.5 Å². The van der Waals surface area contributed by atoms with E-state index in [0.29, 0.717) is 6.04 Å². The summed E-state index contributed by atoms with van der Waals surface area (Å²) in [4.78, 5) is 4.70. The lowest BCUT2D eigenvalue weighted by Gasteiger charge is -2.12. The molecule has 0 heterocycles. The van der Waals surface area contributed by atoms with E-state index in [1.807, 2.05) is 12.1 Å². The van der Waals surface area contributed by atoms with Gasteiger partial charge in [0.05, 0.1) is 14.2 Å². The van der Waals surface area contributed by atoms with Gasteiger partial charge in [0.25, 0.3) is 0 Å². The van der Waals surface area contributed by atoms with Gasteiger partial charge < -0.3 is 20.1 Å². The van der Waals surface area contributed by atoms with Crippen molar-refractivity contribution >= 4 is 5.96 Å². The fourth-order valence-corrected chi connectivity index (χ4v) is 2.94. The summed E-state index contributed by atoms with van der Waals surface area (Å²) in [5.41, 5.74) is 1.20. The molecule has 1 aliphatic rings. The Morgan fingerprint density at radius 1 is 1.21 bits per heavy atom. The summed E-state index contributed by atoms with van der Waals surface area (Å²) in [6.45, 7) is 5.98. The quantitative estimate of drug-likeness (QED) is 0.539. The molecule has 1 aromatic rings. The Balaban J connectivity index is 1.87. The van der Waals surface area contributed by atoms with Gasteiger partial charge in [-0.05, 0) is 49.8 Å². The zero-order valence-corrected chi connectivity index (χ0v) is 15.4. The molecule has 5 nitrogen and oxygen atoms in total. The molecule has 1 aromatic carbocycles. The fraction of sp³-hybridized carbons (Fsp3) is 0.632. The normalized spacial score (nSPS) is 19.8. The van der Waals surface area contributed by atoms with Crippen LogP contribution >= 0.6 is 0 Å². The molecule has 5 heteroatoms. The van der Waals surface area contributed by atoms with Crippen LogP contribution in [0.3, 0.4) is 0 Å². The number of nitrogens with one attached hydrogen (secondary N) is 2. The van der Waals surface area contributed by atoms with Crippen molar-refractivity contribution in [2.24, 2.45) is 10.9 Å². The first-order valence-electron chi connectivity index (χ1n) is 8.97. The molecule has 1 saturated carbocycles. The van der Waals surface area contributed by atoms with Gasteiger partial charge in [0.2, 0.25) is 0 Å². The Morgan fingerprint density at radius 3 is 2.67 bits per heavy atom. The van der Waals surface area contributed by atoms with Gasteiger partial charge in [0.1, 0.15) is 0 Å². The van der Waals surface area contributed by atoms with Gasteiger partial charge in [-0.2, -0.15) is 0 Å². The lowest BCUT2D eigenvalue weighted by atomic mass is 10.1. The maximum absolute atomic E-state index is 5.35. The van der Waals surface area contributed by atoms with Crippen molar-refractivity contribution < 1.29 is 9.47 Å². The SMILES string of the molecule is CCCC1CC1NC(=NCCc1ccc(OC)c(OC)c1)NCC. The highest BCUT2D eigenvalue weighted by molar-refractivity contribution is 5.80. The number of guanidine groups is 1. The van der Waals surface area contributed by atoms with Crippen LogP contribution in [0.2, 0.25) is 0 Å². The number of ether oxygens (including phenoxy) is 2. The minimum Gasteiger partial charge on any atom is -0.493 e. The molecule has 0 amide bonds. The zero-order chi connectivity index (χ0) is 17.4. The van der Waals surface area contributed by atoms with E-state index in [2.05, 4.69) is 30.5 Å². The maximum atomic E-state index is 5.35. The Hall–Kier alpha value is -1.91. The van der Waals surface area contributed by atoms with E-state index in [1.165, 1.54) is 24.8 Å². The first-order chi connectivity index (χ1) is 11.7. The average Bonchev–Trinajstić information content (AvgIpc) is 3.32.